The fourth-order valence-corrected chi connectivity index (χ4v) is 2.58. The predicted octanol–water partition coefficient (Wildman–Crippen LogP) is 6.26. The predicted molar refractivity (Wildman–Crippen MR) is 115 cm³/mol. The minimum Gasteiger partial charge on any atom is -0.317 e. The summed E-state index contributed by atoms with van der Waals surface area (Å²) < 4.78 is 17.3. The third kappa shape index (κ3) is 15.2. The minimum atomic E-state index is -1.36. The Hall–Kier alpha value is -1.03. The lowest BCUT2D eigenvalue weighted by Gasteiger charge is -2.17. The molecule has 1 N–H and O–H groups in total. The molecule has 1 rings (SSSR count). The number of hydrogen-bond acceptors (Lipinski definition) is 4. The molecule has 0 fully saturated rings. The van der Waals surface area contributed by atoms with Gasteiger partial charge in [0.1, 0.15) is 0 Å². The van der Waals surface area contributed by atoms with Gasteiger partial charge in [-0.2, -0.15) is 0 Å². The summed E-state index contributed by atoms with van der Waals surface area (Å²) in [6.45, 7) is 14.3. The minimum absolute atomic E-state index is 0.487. The van der Waals surface area contributed by atoms with E-state index in [1.165, 1.54) is 0 Å². The molecule has 150 valence electrons. The molecule has 5 heteroatoms. The van der Waals surface area contributed by atoms with E-state index < -0.39 is 8.60 Å². The lowest BCUT2D eigenvalue weighted by atomic mass is 10.2. The van der Waals surface area contributed by atoms with E-state index in [9.17, 15) is 0 Å². The smallest absolute Gasteiger partial charge is 0.317 e. The van der Waals surface area contributed by atoms with Gasteiger partial charge in [-0.05, 0) is 32.0 Å². The summed E-state index contributed by atoms with van der Waals surface area (Å²) in [7, 11) is 0.531. The van der Waals surface area contributed by atoms with Crippen LogP contribution in [0.25, 0.3) is 0 Å². The highest BCUT2D eigenvalue weighted by atomic mass is 31.2. The molecule has 0 aliphatic rings. The van der Waals surface area contributed by atoms with Crippen molar-refractivity contribution in [1.82, 2.24) is 5.32 Å². The maximum Gasteiger partial charge on any atom is 0.333 e. The highest BCUT2D eigenvalue weighted by molar-refractivity contribution is 7.41. The maximum atomic E-state index is 5.79. The van der Waals surface area contributed by atoms with E-state index in [1.807, 2.05) is 97.1 Å². The van der Waals surface area contributed by atoms with Crippen molar-refractivity contribution in [1.29, 1.82) is 0 Å². The molecule has 0 radical (unpaired) electrons. The van der Waals surface area contributed by atoms with Crippen molar-refractivity contribution in [2.24, 2.45) is 0 Å². The van der Waals surface area contributed by atoms with Crippen molar-refractivity contribution in [3.8, 4) is 0 Å². The van der Waals surface area contributed by atoms with Crippen LogP contribution in [0.4, 0.5) is 0 Å². The number of likely N-dealkylation sites (N-methyl/N-ethyl adjacent to an activating group) is 1. The molecular weight excluding hydrogens is 345 g/mol. The first-order valence-corrected chi connectivity index (χ1v) is 10.5. The molecule has 1 aromatic carbocycles. The van der Waals surface area contributed by atoms with Crippen LogP contribution in [0.15, 0.2) is 54.1 Å². The quantitative estimate of drug-likeness (QED) is 0.278. The van der Waals surface area contributed by atoms with Crippen LogP contribution in [0.2, 0.25) is 0 Å². The third-order valence-electron chi connectivity index (χ3n) is 2.82. The van der Waals surface area contributed by atoms with Crippen LogP contribution in [-0.4, -0.2) is 26.8 Å². The SMILES string of the molecule is C/C=C\C(=C/C)COP(OCCNC)OCc1ccccc1.CC.CC. The van der Waals surface area contributed by atoms with Crippen molar-refractivity contribution in [3.05, 3.63) is 59.7 Å². The van der Waals surface area contributed by atoms with E-state index >= 15 is 0 Å². The van der Waals surface area contributed by atoms with Gasteiger partial charge < -0.3 is 18.9 Å². The van der Waals surface area contributed by atoms with Gasteiger partial charge >= 0.3 is 8.60 Å². The fourth-order valence-electron chi connectivity index (χ4n) is 1.60. The van der Waals surface area contributed by atoms with E-state index in [-0.39, 0.29) is 0 Å². The van der Waals surface area contributed by atoms with Gasteiger partial charge in [0.15, 0.2) is 0 Å². The Bertz CT molecular complexity index is 450. The van der Waals surface area contributed by atoms with Gasteiger partial charge in [0.05, 0.1) is 19.8 Å². The van der Waals surface area contributed by atoms with Crippen LogP contribution in [0, 0.1) is 0 Å². The Morgan fingerprint density at radius 2 is 1.65 bits per heavy atom. The Morgan fingerprint density at radius 3 is 2.19 bits per heavy atom. The third-order valence-corrected chi connectivity index (χ3v) is 3.89. The molecule has 26 heavy (non-hydrogen) atoms. The fraction of sp³-hybridized carbons (Fsp3) is 0.524. The average molecular weight is 384 g/mol. The van der Waals surface area contributed by atoms with E-state index in [4.69, 9.17) is 13.6 Å². The molecule has 4 nitrogen and oxygen atoms in total. The molecular formula is C21H38NO3P. The molecule has 0 saturated carbocycles. The van der Waals surface area contributed by atoms with Crippen molar-refractivity contribution >= 4 is 8.60 Å². The summed E-state index contributed by atoms with van der Waals surface area (Å²) in [5.41, 5.74) is 2.21. The zero-order valence-corrected chi connectivity index (χ0v) is 18.5. The molecule has 0 aromatic heterocycles. The van der Waals surface area contributed by atoms with Gasteiger partial charge in [-0.3, -0.25) is 0 Å². The normalized spacial score (nSPS) is 12.0. The first kappa shape index (κ1) is 27.2. The van der Waals surface area contributed by atoms with E-state index in [0.29, 0.717) is 19.8 Å². The highest BCUT2D eigenvalue weighted by Gasteiger charge is 2.13. The average Bonchev–Trinajstić information content (AvgIpc) is 2.72. The summed E-state index contributed by atoms with van der Waals surface area (Å²) in [6, 6.07) is 10.0. The lowest BCUT2D eigenvalue weighted by molar-refractivity contribution is 0.164. The number of hydrogen-bond donors (Lipinski definition) is 1. The van der Waals surface area contributed by atoms with Crippen LogP contribution in [0.1, 0.15) is 47.1 Å². The molecule has 0 spiro atoms. The summed E-state index contributed by atoms with van der Waals surface area (Å²) in [5.74, 6) is 0. The van der Waals surface area contributed by atoms with Gasteiger partial charge in [-0.25, -0.2) is 0 Å². The standard InChI is InChI=1S/C17H26NO3P.2C2H6/c1-4-9-16(5-2)14-20-22(19-13-12-18-3)21-15-17-10-7-6-8-11-17;2*1-2/h4-11,18H,12-15H2,1-3H3;2*1-2H3/b9-4-,16-5+;;. The van der Waals surface area contributed by atoms with Gasteiger partial charge in [-0.15, -0.1) is 0 Å². The first-order valence-electron chi connectivity index (χ1n) is 9.45. The van der Waals surface area contributed by atoms with E-state index in [0.717, 1.165) is 17.7 Å². The summed E-state index contributed by atoms with van der Waals surface area (Å²) in [4.78, 5) is 0. The van der Waals surface area contributed by atoms with E-state index in [1.54, 1.807) is 0 Å². The highest BCUT2D eigenvalue weighted by Crippen LogP contribution is 2.40. The van der Waals surface area contributed by atoms with Crippen LogP contribution < -0.4 is 5.32 Å². The second kappa shape index (κ2) is 22.0. The molecule has 0 saturated heterocycles. The van der Waals surface area contributed by atoms with Crippen molar-refractivity contribution < 1.29 is 13.6 Å². The van der Waals surface area contributed by atoms with Gasteiger partial charge in [0, 0.05) is 6.54 Å². The molecule has 0 bridgehead atoms. The Morgan fingerprint density at radius 1 is 1.00 bits per heavy atom. The maximum absolute atomic E-state index is 5.79. The van der Waals surface area contributed by atoms with Crippen LogP contribution in [-0.2, 0) is 20.2 Å². The Kier molecular flexibility index (Phi) is 23.0. The zero-order chi connectivity index (χ0) is 20.0. The van der Waals surface area contributed by atoms with E-state index in [2.05, 4.69) is 5.32 Å². The van der Waals surface area contributed by atoms with Gasteiger partial charge in [0.25, 0.3) is 0 Å². The largest absolute Gasteiger partial charge is 0.333 e. The molecule has 0 aliphatic heterocycles. The monoisotopic (exact) mass is 383 g/mol. The second-order valence-electron chi connectivity index (χ2n) is 4.56. The Labute approximate surface area is 162 Å². The van der Waals surface area contributed by atoms with Crippen LogP contribution >= 0.6 is 8.60 Å². The van der Waals surface area contributed by atoms with Crippen molar-refractivity contribution in [2.45, 2.75) is 48.1 Å². The summed E-state index contributed by atoms with van der Waals surface area (Å²) in [6.07, 6.45) is 6.05. The van der Waals surface area contributed by atoms with Crippen molar-refractivity contribution in [2.75, 3.05) is 26.8 Å². The molecule has 1 aromatic rings. The molecule has 0 aliphatic carbocycles. The number of benzene rings is 1. The zero-order valence-electron chi connectivity index (χ0n) is 17.6. The first-order chi connectivity index (χ1) is 12.8. The lowest BCUT2D eigenvalue weighted by Crippen LogP contribution is -2.13. The molecule has 0 amide bonds. The molecule has 0 heterocycles. The van der Waals surface area contributed by atoms with Gasteiger partial charge in [-0.1, -0.05) is 76.3 Å². The summed E-state index contributed by atoms with van der Waals surface area (Å²) in [5, 5.41) is 3.04. The molecule has 1 unspecified atom stereocenters. The topological polar surface area (TPSA) is 39.7 Å². The number of rotatable bonds is 11. The van der Waals surface area contributed by atoms with Crippen molar-refractivity contribution in [3.63, 3.8) is 0 Å². The second-order valence-corrected chi connectivity index (χ2v) is 5.78. The van der Waals surface area contributed by atoms with Crippen LogP contribution in [0.3, 0.4) is 0 Å². The number of allylic oxidation sites excluding steroid dienone is 2. The molecule has 1 atom stereocenters. The van der Waals surface area contributed by atoms with Crippen LogP contribution in [0.5, 0.6) is 0 Å². The van der Waals surface area contributed by atoms with Gasteiger partial charge in [0.2, 0.25) is 0 Å². The Balaban J connectivity index is 0. The summed E-state index contributed by atoms with van der Waals surface area (Å²) >= 11 is 0. The number of nitrogens with one attached hydrogen (secondary N) is 1.